The zero-order chi connectivity index (χ0) is 56.2. The quantitative estimate of drug-likeness (QED) is 0.0292. The Labute approximate surface area is 442 Å². The Morgan fingerprint density at radius 1 is 0.481 bits per heavy atom. The van der Waals surface area contributed by atoms with E-state index in [0.29, 0.717) is 62.2 Å². The highest BCUT2D eigenvalue weighted by Crippen LogP contribution is 2.39. The number of nitrogens with zero attached hydrogens (tertiary/aromatic N) is 8. The van der Waals surface area contributed by atoms with Crippen LogP contribution in [0.5, 0.6) is 11.5 Å². The molecule has 396 valence electrons. The van der Waals surface area contributed by atoms with E-state index in [1.807, 2.05) is 75.4 Å². The third kappa shape index (κ3) is 16.0. The van der Waals surface area contributed by atoms with Crippen LogP contribution in [0.3, 0.4) is 0 Å². The highest BCUT2D eigenvalue weighted by molar-refractivity contribution is 7.86. The number of nitrogen functional groups attached to an aromatic ring is 1. The van der Waals surface area contributed by atoms with Crippen LogP contribution in [0.15, 0.2) is 184 Å². The molecule has 0 radical (unpaired) electrons. The fourth-order valence-corrected chi connectivity index (χ4v) is 8.49. The number of benzene rings is 8. The van der Waals surface area contributed by atoms with Crippen LogP contribution in [0.25, 0.3) is 21.5 Å². The predicted octanol–water partition coefficient (Wildman–Crippen LogP) is 12.1. The molecule has 0 spiro atoms. The van der Waals surface area contributed by atoms with Crippen LogP contribution in [0.2, 0.25) is 0 Å². The number of rotatable bonds is 14. The molecule has 0 amide bonds. The van der Waals surface area contributed by atoms with E-state index in [-0.39, 0.29) is 28.9 Å². The van der Waals surface area contributed by atoms with Gasteiger partial charge in [-0.3, -0.25) is 9.11 Å². The monoisotopic (exact) mass is 1120 g/mol. The number of phenolic OH excluding ortho intramolecular Hbond substituents is 1. The molecule has 0 aliphatic heterocycles. The summed E-state index contributed by atoms with van der Waals surface area (Å²) >= 11 is 0. The van der Waals surface area contributed by atoms with E-state index in [2.05, 4.69) is 46.2 Å². The van der Waals surface area contributed by atoms with Crippen LogP contribution in [0.4, 0.5) is 56.9 Å². The molecule has 8 rings (SSSR count). The van der Waals surface area contributed by atoms with Gasteiger partial charge in [-0.05, 0) is 164 Å². The summed E-state index contributed by atoms with van der Waals surface area (Å²) in [6.07, 6.45) is 0. The smallest absolute Gasteiger partial charge is 0.425 e. The second-order valence-corrected chi connectivity index (χ2v) is 19.8. The van der Waals surface area contributed by atoms with Crippen molar-refractivity contribution < 1.29 is 61.0 Å². The van der Waals surface area contributed by atoms with Gasteiger partial charge < -0.3 is 20.9 Å². The minimum absolute atomic E-state index is 0.0105. The molecule has 0 aliphatic rings. The third-order valence-electron chi connectivity index (χ3n) is 10.8. The Morgan fingerprint density at radius 2 is 0.961 bits per heavy atom. The summed E-state index contributed by atoms with van der Waals surface area (Å²) in [6.45, 7) is 7.62. The maximum Gasteiger partial charge on any atom is 0.425 e. The number of nitrogens with one attached hydrogen (secondary N) is 1. The maximum absolute atomic E-state index is 12.2. The molecular formula is C49H42N10O14S4. The van der Waals surface area contributed by atoms with Crippen LogP contribution in [0.1, 0.15) is 22.3 Å². The van der Waals surface area contributed by atoms with Crippen molar-refractivity contribution in [2.45, 2.75) is 37.5 Å². The number of fused-ring (bicyclic) bond motifs is 2. The van der Waals surface area contributed by atoms with E-state index < -0.39 is 51.2 Å². The molecule has 77 heavy (non-hydrogen) atoms. The van der Waals surface area contributed by atoms with Crippen molar-refractivity contribution in [2.75, 3.05) is 17.8 Å². The Kier molecular flexibility index (Phi) is 18.6. The van der Waals surface area contributed by atoms with Crippen LogP contribution in [-0.4, -0.2) is 63.0 Å². The lowest BCUT2D eigenvalue weighted by atomic mass is 10.1. The van der Waals surface area contributed by atoms with E-state index in [4.69, 9.17) is 35.7 Å². The lowest BCUT2D eigenvalue weighted by molar-refractivity contribution is 0.347. The number of anilines is 2. The van der Waals surface area contributed by atoms with Gasteiger partial charge in [0.1, 0.15) is 26.9 Å². The lowest BCUT2D eigenvalue weighted by Gasteiger charge is -2.11. The highest BCUT2D eigenvalue weighted by atomic mass is 32.2. The zero-order valence-corrected chi connectivity index (χ0v) is 43.8. The fourth-order valence-electron chi connectivity index (χ4n) is 7.14. The third-order valence-corrected chi connectivity index (χ3v) is 12.6. The van der Waals surface area contributed by atoms with Gasteiger partial charge in [0.25, 0.3) is 20.2 Å². The Hall–Kier alpha value is -9.06. The number of aromatic hydroxyl groups is 1. The molecule has 8 aromatic carbocycles. The largest absolute Gasteiger partial charge is 0.505 e. The lowest BCUT2D eigenvalue weighted by Crippen LogP contribution is -2.08. The first-order chi connectivity index (χ1) is 36.4. The van der Waals surface area contributed by atoms with Crippen molar-refractivity contribution in [3.05, 3.63) is 156 Å². The maximum atomic E-state index is 12.2. The van der Waals surface area contributed by atoms with Gasteiger partial charge in [-0.15, -0.1) is 35.5 Å². The molecule has 0 saturated carbocycles. The molecule has 0 aliphatic carbocycles. The first kappa shape index (κ1) is 57.2. The van der Waals surface area contributed by atoms with Crippen LogP contribution in [0, 0.1) is 27.7 Å². The molecule has 28 heteroatoms. The second kappa shape index (κ2) is 25.0. The Bertz CT molecular complexity index is 4160. The minimum atomic E-state index is -4.80. The first-order valence-corrected chi connectivity index (χ1v) is 26.8. The van der Waals surface area contributed by atoms with E-state index in [9.17, 15) is 31.0 Å². The minimum Gasteiger partial charge on any atom is -0.505 e. The SMILES string of the molecule is Cc1cc(N=Nc2cc(C)c(N=Nc3ccc4cc(NCOc5cccc(N)c5)ccc4c3O)cc2C)ccc1N=Nc1ccc(N=Nc2cc3c(S(=O)(=O)O)cccc3cc2S(=O)(=O)O)c(C)c1.O=S(=O)=O.O=S(=O)=O. The number of hydrogen-bond acceptors (Lipinski definition) is 22. The van der Waals surface area contributed by atoms with E-state index >= 15 is 0 Å². The molecule has 0 fully saturated rings. The van der Waals surface area contributed by atoms with Gasteiger partial charge >= 0.3 is 21.2 Å². The van der Waals surface area contributed by atoms with Crippen molar-refractivity contribution in [1.82, 2.24) is 0 Å². The number of nitrogens with two attached hydrogens (primary N) is 1. The topological polar surface area (TPSA) is 378 Å². The number of phenols is 1. The number of hydrogen-bond donors (Lipinski definition) is 5. The average molecular weight is 1120 g/mol. The number of aryl methyl sites for hydroxylation is 4. The number of azo groups is 4. The van der Waals surface area contributed by atoms with Gasteiger partial charge in [-0.25, -0.2) is 0 Å². The molecule has 0 unspecified atom stereocenters. The molecule has 8 aromatic rings. The molecule has 0 saturated heterocycles. The van der Waals surface area contributed by atoms with Crippen molar-refractivity contribution in [2.24, 2.45) is 40.9 Å². The summed E-state index contributed by atoms with van der Waals surface area (Å²) in [7, 11) is -15.7. The normalized spacial score (nSPS) is 11.7. The summed E-state index contributed by atoms with van der Waals surface area (Å²) < 4.78 is 124. The van der Waals surface area contributed by atoms with Crippen molar-refractivity contribution >= 4 is 120 Å². The summed E-state index contributed by atoms with van der Waals surface area (Å²) in [5.41, 5.74) is 13.5. The van der Waals surface area contributed by atoms with Crippen molar-refractivity contribution in [1.29, 1.82) is 0 Å². The van der Waals surface area contributed by atoms with Gasteiger partial charge in [0.15, 0.2) is 12.5 Å². The standard InChI is InChI=1S/C49H42N10O8S2.2O3S/c1-28-19-37(13-17-41(28)54-52-36-14-18-42(29(2)20-36)55-59-46-26-40-32(24-48(46)69(64,65)66)7-5-10-47(40)68(61,62)63)53-57-44-21-31(4)45(22-30(44)3)58-56-43-16-11-33-23-35(12-15-39(33)49(43)60)51-27-67-38-9-6-8-34(50)25-38;2*1-4(2)3/h5-26,51,60H,27,50H2,1-4H3,(H,61,62,63)(H,64,65,66);;. The molecule has 0 heterocycles. The van der Waals surface area contributed by atoms with E-state index in [0.717, 1.165) is 46.0 Å². The molecular weight excluding hydrogens is 1080 g/mol. The van der Waals surface area contributed by atoms with Gasteiger partial charge in [0.05, 0.1) is 34.1 Å². The van der Waals surface area contributed by atoms with Crippen molar-refractivity contribution in [3.8, 4) is 11.5 Å². The number of ether oxygens (including phenoxy) is 1. The molecule has 6 N–H and O–H groups in total. The van der Waals surface area contributed by atoms with E-state index in [1.54, 1.807) is 55.5 Å². The first-order valence-electron chi connectivity index (χ1n) is 21.9. The summed E-state index contributed by atoms with van der Waals surface area (Å²) in [4.78, 5) is -1.06. The van der Waals surface area contributed by atoms with Gasteiger partial charge in [0, 0.05) is 28.2 Å². The van der Waals surface area contributed by atoms with E-state index in [1.165, 1.54) is 12.1 Å². The average Bonchev–Trinajstić information content (AvgIpc) is 3.38. The van der Waals surface area contributed by atoms with Crippen molar-refractivity contribution in [3.63, 3.8) is 0 Å². The van der Waals surface area contributed by atoms with Gasteiger partial charge in [0.2, 0.25) is 0 Å². The Balaban J connectivity index is 0.00000112. The molecule has 0 aromatic heterocycles. The highest BCUT2D eigenvalue weighted by Gasteiger charge is 2.21. The summed E-state index contributed by atoms with van der Waals surface area (Å²) in [5, 5.41) is 50.6. The second-order valence-electron chi connectivity index (χ2n) is 16.2. The van der Waals surface area contributed by atoms with Gasteiger partial charge in [-0.2, -0.15) is 47.5 Å². The predicted molar refractivity (Wildman–Crippen MR) is 284 cm³/mol. The molecule has 24 nitrogen and oxygen atoms in total. The van der Waals surface area contributed by atoms with Crippen LogP contribution >= 0.6 is 0 Å². The van der Waals surface area contributed by atoms with Gasteiger partial charge in [-0.1, -0.05) is 24.3 Å². The molecule has 0 bridgehead atoms. The van der Waals surface area contributed by atoms with Crippen LogP contribution < -0.4 is 15.8 Å². The van der Waals surface area contributed by atoms with Crippen LogP contribution in [-0.2, 0) is 41.5 Å². The summed E-state index contributed by atoms with van der Waals surface area (Å²) in [5.74, 6) is 0.664. The molecule has 0 atom stereocenters. The summed E-state index contributed by atoms with van der Waals surface area (Å²) in [6, 6.07) is 36.4. The Morgan fingerprint density at radius 3 is 1.52 bits per heavy atom. The fraction of sp³-hybridized carbons (Fsp3) is 0.102. The zero-order valence-electron chi connectivity index (χ0n) is 40.5.